The monoisotopic (exact) mass is 229 g/mol. The van der Waals surface area contributed by atoms with Crippen molar-refractivity contribution < 1.29 is 14.3 Å². The van der Waals surface area contributed by atoms with E-state index >= 15 is 0 Å². The lowest BCUT2D eigenvalue weighted by molar-refractivity contribution is -0.144. The minimum Gasteiger partial charge on any atom is -0.466 e. The smallest absolute Gasteiger partial charge is 0.306 e. The Labute approximate surface area is 97.7 Å². The number of amides is 1. The number of hydrogen-bond donors (Lipinski definition) is 1. The molecule has 1 unspecified atom stereocenters. The van der Waals surface area contributed by atoms with Gasteiger partial charge in [-0.15, -0.1) is 0 Å². The maximum absolute atomic E-state index is 11.4. The Hall–Kier alpha value is -1.06. The van der Waals surface area contributed by atoms with E-state index in [1.807, 2.05) is 0 Å². The standard InChI is InChI=1S/C12H23NO3/c1-5-16-12(15)7-6-11(14)13-8-10(4)9(2)3/h9-10H,5-8H2,1-4H3,(H,13,14). The first-order chi connectivity index (χ1) is 7.47. The largest absolute Gasteiger partial charge is 0.466 e. The van der Waals surface area contributed by atoms with Gasteiger partial charge in [-0.25, -0.2) is 0 Å². The van der Waals surface area contributed by atoms with Crippen LogP contribution in [0.2, 0.25) is 0 Å². The van der Waals surface area contributed by atoms with Gasteiger partial charge in [-0.2, -0.15) is 0 Å². The molecule has 1 atom stereocenters. The predicted octanol–water partition coefficient (Wildman–Crippen LogP) is 1.74. The van der Waals surface area contributed by atoms with Crippen molar-refractivity contribution in [2.45, 2.75) is 40.5 Å². The minimum atomic E-state index is -0.311. The highest BCUT2D eigenvalue weighted by Crippen LogP contribution is 2.07. The van der Waals surface area contributed by atoms with Crippen molar-refractivity contribution in [3.8, 4) is 0 Å². The summed E-state index contributed by atoms with van der Waals surface area (Å²) in [5.74, 6) is 0.604. The molecule has 0 aromatic heterocycles. The summed E-state index contributed by atoms with van der Waals surface area (Å²) < 4.78 is 4.74. The summed E-state index contributed by atoms with van der Waals surface area (Å²) in [6.45, 7) is 9.12. The van der Waals surface area contributed by atoms with Gasteiger partial charge in [0.15, 0.2) is 0 Å². The number of ether oxygens (including phenoxy) is 1. The normalized spacial score (nSPS) is 12.3. The molecule has 0 radical (unpaired) electrons. The topological polar surface area (TPSA) is 55.4 Å². The fourth-order valence-electron chi connectivity index (χ4n) is 1.05. The SMILES string of the molecule is CCOC(=O)CCC(=O)NCC(C)C(C)C. The Balaban J connectivity index is 3.63. The van der Waals surface area contributed by atoms with Gasteiger partial charge in [-0.1, -0.05) is 20.8 Å². The molecule has 0 aromatic rings. The van der Waals surface area contributed by atoms with Crippen LogP contribution in [0.5, 0.6) is 0 Å². The zero-order valence-corrected chi connectivity index (χ0v) is 10.7. The minimum absolute atomic E-state index is 0.0828. The van der Waals surface area contributed by atoms with E-state index in [0.717, 1.165) is 0 Å². The third-order valence-corrected chi connectivity index (χ3v) is 2.62. The van der Waals surface area contributed by atoms with Crippen LogP contribution in [0.1, 0.15) is 40.5 Å². The average molecular weight is 229 g/mol. The summed E-state index contributed by atoms with van der Waals surface area (Å²) in [4.78, 5) is 22.4. The number of rotatable bonds is 7. The summed E-state index contributed by atoms with van der Waals surface area (Å²) in [5, 5.41) is 2.81. The highest BCUT2D eigenvalue weighted by Gasteiger charge is 2.10. The van der Waals surface area contributed by atoms with Crippen LogP contribution in [-0.4, -0.2) is 25.0 Å². The second kappa shape index (κ2) is 8.13. The zero-order chi connectivity index (χ0) is 12.6. The molecule has 0 spiro atoms. The Kier molecular flexibility index (Phi) is 7.60. The Bertz CT molecular complexity index is 226. The first-order valence-corrected chi connectivity index (χ1v) is 5.89. The highest BCUT2D eigenvalue weighted by molar-refractivity contribution is 5.81. The van der Waals surface area contributed by atoms with Crippen LogP contribution >= 0.6 is 0 Å². The number of nitrogens with one attached hydrogen (secondary N) is 1. The molecule has 94 valence electrons. The Morgan fingerprint density at radius 3 is 2.31 bits per heavy atom. The van der Waals surface area contributed by atoms with Gasteiger partial charge in [0, 0.05) is 13.0 Å². The van der Waals surface area contributed by atoms with Crippen LogP contribution in [-0.2, 0) is 14.3 Å². The zero-order valence-electron chi connectivity index (χ0n) is 10.7. The molecule has 0 aliphatic rings. The first-order valence-electron chi connectivity index (χ1n) is 5.89. The molecule has 0 rings (SSSR count). The third-order valence-electron chi connectivity index (χ3n) is 2.62. The van der Waals surface area contributed by atoms with Crippen molar-refractivity contribution in [1.82, 2.24) is 5.32 Å². The molecule has 0 aliphatic carbocycles. The van der Waals surface area contributed by atoms with E-state index in [1.165, 1.54) is 0 Å². The van der Waals surface area contributed by atoms with Gasteiger partial charge >= 0.3 is 5.97 Å². The van der Waals surface area contributed by atoms with Crippen molar-refractivity contribution in [3.05, 3.63) is 0 Å². The van der Waals surface area contributed by atoms with E-state index in [0.29, 0.717) is 25.0 Å². The maximum Gasteiger partial charge on any atom is 0.306 e. The van der Waals surface area contributed by atoms with Crippen LogP contribution in [0.4, 0.5) is 0 Å². The van der Waals surface area contributed by atoms with Crippen LogP contribution in [0, 0.1) is 11.8 Å². The molecule has 4 heteroatoms. The maximum atomic E-state index is 11.4. The van der Waals surface area contributed by atoms with Gasteiger partial charge in [0.2, 0.25) is 5.91 Å². The number of hydrogen-bond acceptors (Lipinski definition) is 3. The van der Waals surface area contributed by atoms with Crippen molar-refractivity contribution in [2.75, 3.05) is 13.2 Å². The summed E-state index contributed by atoms with van der Waals surface area (Å²) in [5.41, 5.74) is 0. The lowest BCUT2D eigenvalue weighted by Crippen LogP contribution is -2.30. The number of esters is 1. The van der Waals surface area contributed by atoms with E-state index < -0.39 is 0 Å². The summed E-state index contributed by atoms with van der Waals surface area (Å²) in [6, 6.07) is 0. The molecule has 1 N–H and O–H groups in total. The van der Waals surface area contributed by atoms with Gasteiger partial charge in [0.1, 0.15) is 0 Å². The second-order valence-electron chi connectivity index (χ2n) is 4.33. The Morgan fingerprint density at radius 1 is 1.19 bits per heavy atom. The third kappa shape index (κ3) is 7.26. The molecule has 16 heavy (non-hydrogen) atoms. The molecular weight excluding hydrogens is 206 g/mol. The fourth-order valence-corrected chi connectivity index (χ4v) is 1.05. The van der Waals surface area contributed by atoms with E-state index in [2.05, 4.69) is 26.1 Å². The van der Waals surface area contributed by atoms with Gasteiger partial charge < -0.3 is 10.1 Å². The van der Waals surface area contributed by atoms with Crippen LogP contribution in [0.25, 0.3) is 0 Å². The highest BCUT2D eigenvalue weighted by atomic mass is 16.5. The van der Waals surface area contributed by atoms with Crippen LogP contribution < -0.4 is 5.32 Å². The van der Waals surface area contributed by atoms with E-state index in [9.17, 15) is 9.59 Å². The van der Waals surface area contributed by atoms with Crippen LogP contribution in [0.3, 0.4) is 0 Å². The van der Waals surface area contributed by atoms with Gasteiger partial charge in [-0.05, 0) is 18.8 Å². The lowest BCUT2D eigenvalue weighted by atomic mass is 9.98. The van der Waals surface area contributed by atoms with E-state index in [-0.39, 0.29) is 24.7 Å². The quantitative estimate of drug-likeness (QED) is 0.676. The summed E-state index contributed by atoms with van der Waals surface area (Å²) in [7, 11) is 0. The van der Waals surface area contributed by atoms with Crippen LogP contribution in [0.15, 0.2) is 0 Å². The fraction of sp³-hybridized carbons (Fsp3) is 0.833. The van der Waals surface area contributed by atoms with Crippen molar-refractivity contribution in [1.29, 1.82) is 0 Å². The van der Waals surface area contributed by atoms with Gasteiger partial charge in [0.05, 0.1) is 13.0 Å². The van der Waals surface area contributed by atoms with Crippen molar-refractivity contribution >= 4 is 11.9 Å². The molecule has 0 bridgehead atoms. The van der Waals surface area contributed by atoms with E-state index in [4.69, 9.17) is 4.74 Å². The average Bonchev–Trinajstić information content (AvgIpc) is 2.23. The van der Waals surface area contributed by atoms with Gasteiger partial charge in [0.25, 0.3) is 0 Å². The molecule has 0 saturated carbocycles. The predicted molar refractivity (Wildman–Crippen MR) is 62.9 cm³/mol. The molecule has 0 aromatic carbocycles. The second-order valence-corrected chi connectivity index (χ2v) is 4.33. The summed E-state index contributed by atoms with van der Waals surface area (Å²) in [6.07, 6.45) is 0.374. The molecule has 0 fully saturated rings. The van der Waals surface area contributed by atoms with Gasteiger partial charge in [-0.3, -0.25) is 9.59 Å². The molecule has 4 nitrogen and oxygen atoms in total. The molecule has 0 aliphatic heterocycles. The molecular formula is C12H23NO3. The Morgan fingerprint density at radius 2 is 1.81 bits per heavy atom. The molecule has 1 amide bonds. The lowest BCUT2D eigenvalue weighted by Gasteiger charge is -2.15. The molecule has 0 heterocycles. The van der Waals surface area contributed by atoms with Crippen molar-refractivity contribution in [3.63, 3.8) is 0 Å². The van der Waals surface area contributed by atoms with E-state index in [1.54, 1.807) is 6.92 Å². The number of carbonyl (C=O) groups excluding carboxylic acids is 2. The summed E-state index contributed by atoms with van der Waals surface area (Å²) >= 11 is 0. The first kappa shape index (κ1) is 14.9. The molecule has 0 saturated heterocycles. The van der Waals surface area contributed by atoms with Crippen molar-refractivity contribution in [2.24, 2.45) is 11.8 Å². The number of carbonyl (C=O) groups is 2.